The van der Waals surface area contributed by atoms with Crippen LogP contribution in [0.1, 0.15) is 17.4 Å². The zero-order chi connectivity index (χ0) is 17.9. The lowest BCUT2D eigenvalue weighted by atomic mass is 10.1. The van der Waals surface area contributed by atoms with E-state index in [0.717, 1.165) is 21.9 Å². The van der Waals surface area contributed by atoms with E-state index < -0.39 is 0 Å². The fraction of sp³-hybridized carbons (Fsp3) is 0.158. The lowest BCUT2D eigenvalue weighted by molar-refractivity contribution is -0.119. The highest BCUT2D eigenvalue weighted by Crippen LogP contribution is 2.43. The molecule has 0 saturated carbocycles. The summed E-state index contributed by atoms with van der Waals surface area (Å²) >= 11 is 1.76. The largest absolute Gasteiger partial charge is 0.301 e. The number of para-hydroxylation sites is 1. The maximum atomic E-state index is 13.2. The first kappa shape index (κ1) is 16.4. The number of anilines is 1. The molecule has 1 aliphatic rings. The number of hydrogen-bond acceptors (Lipinski definition) is 5. The van der Waals surface area contributed by atoms with Gasteiger partial charge in [0.05, 0.1) is 11.7 Å². The molecule has 1 amide bonds. The summed E-state index contributed by atoms with van der Waals surface area (Å²) < 4.78 is 1.41. The molecule has 26 heavy (non-hydrogen) atoms. The van der Waals surface area contributed by atoms with Gasteiger partial charge in [-0.15, -0.1) is 16.9 Å². The Hall–Kier alpha value is -3.11. The van der Waals surface area contributed by atoms with Gasteiger partial charge in [0.25, 0.3) is 5.82 Å². The second kappa shape index (κ2) is 7.02. The Morgan fingerprint density at radius 2 is 1.96 bits per heavy atom. The first-order valence-electron chi connectivity index (χ1n) is 8.14. The summed E-state index contributed by atoms with van der Waals surface area (Å²) in [5, 5.41) is 12.9. The van der Waals surface area contributed by atoms with E-state index in [2.05, 4.69) is 10.1 Å². The molecular formula is C19H15N5OS. The number of fused-ring (bicyclic) bond motifs is 1. The van der Waals surface area contributed by atoms with Gasteiger partial charge in [-0.3, -0.25) is 4.79 Å². The highest BCUT2D eigenvalue weighted by molar-refractivity contribution is 7.99. The molecule has 3 aromatic rings. The number of benzene rings is 2. The Bertz CT molecular complexity index is 979. The minimum absolute atomic E-state index is 0.0387. The third-order valence-electron chi connectivity index (χ3n) is 4.22. The van der Waals surface area contributed by atoms with Crippen LogP contribution in [0.15, 0.2) is 65.8 Å². The summed E-state index contributed by atoms with van der Waals surface area (Å²) in [6.07, 6.45) is 1.42. The summed E-state index contributed by atoms with van der Waals surface area (Å²) in [6, 6.07) is 19.8. The van der Waals surface area contributed by atoms with Crippen molar-refractivity contribution in [2.45, 2.75) is 17.5 Å². The van der Waals surface area contributed by atoms with Crippen molar-refractivity contribution >= 4 is 23.4 Å². The zero-order valence-electron chi connectivity index (χ0n) is 13.8. The molecule has 4 rings (SSSR count). The molecule has 1 unspecified atom stereocenters. The molecule has 128 valence electrons. The summed E-state index contributed by atoms with van der Waals surface area (Å²) in [5.74, 6) is 0.765. The van der Waals surface area contributed by atoms with Crippen molar-refractivity contribution in [1.29, 1.82) is 5.26 Å². The van der Waals surface area contributed by atoms with E-state index in [1.54, 1.807) is 11.8 Å². The second-order valence-electron chi connectivity index (χ2n) is 5.85. The topological polar surface area (TPSA) is 74.8 Å². The van der Waals surface area contributed by atoms with E-state index >= 15 is 0 Å². The van der Waals surface area contributed by atoms with E-state index in [4.69, 9.17) is 5.26 Å². The Kier molecular flexibility index (Phi) is 4.42. The third-order valence-corrected chi connectivity index (χ3v) is 5.36. The zero-order valence-corrected chi connectivity index (χ0v) is 14.6. The fourth-order valence-electron chi connectivity index (χ4n) is 3.05. The predicted octanol–water partition coefficient (Wildman–Crippen LogP) is 3.03. The molecule has 0 bridgehead atoms. The number of thioether (sulfide) groups is 1. The number of nitriles is 1. The molecule has 6 nitrogen and oxygen atoms in total. The smallest absolute Gasteiger partial charge is 0.252 e. The normalized spacial score (nSPS) is 16.0. The van der Waals surface area contributed by atoms with Crippen LogP contribution in [-0.2, 0) is 11.3 Å². The predicted molar refractivity (Wildman–Crippen MR) is 98.6 cm³/mol. The van der Waals surface area contributed by atoms with E-state index in [1.807, 2.05) is 65.6 Å². The molecule has 1 atom stereocenters. The van der Waals surface area contributed by atoms with Crippen LogP contribution in [0.25, 0.3) is 0 Å². The van der Waals surface area contributed by atoms with E-state index in [9.17, 15) is 4.79 Å². The molecule has 0 radical (unpaired) electrons. The highest BCUT2D eigenvalue weighted by Gasteiger charge is 2.32. The van der Waals surface area contributed by atoms with Crippen molar-refractivity contribution in [2.24, 2.45) is 0 Å². The lowest BCUT2D eigenvalue weighted by Gasteiger charge is -2.37. The number of amides is 1. The quantitative estimate of drug-likeness (QED) is 0.717. The lowest BCUT2D eigenvalue weighted by Crippen LogP contribution is -2.40. The van der Waals surface area contributed by atoms with Crippen LogP contribution < -0.4 is 4.90 Å². The maximum absolute atomic E-state index is 13.2. The van der Waals surface area contributed by atoms with Crippen LogP contribution in [0.2, 0.25) is 0 Å². The molecule has 0 N–H and O–H groups in total. The van der Waals surface area contributed by atoms with Gasteiger partial charge in [0.15, 0.2) is 0 Å². The Balaban J connectivity index is 1.70. The van der Waals surface area contributed by atoms with E-state index in [1.165, 1.54) is 11.0 Å². The Morgan fingerprint density at radius 1 is 1.19 bits per heavy atom. The monoisotopic (exact) mass is 361 g/mol. The van der Waals surface area contributed by atoms with Gasteiger partial charge in [-0.25, -0.2) is 9.67 Å². The van der Waals surface area contributed by atoms with Crippen LogP contribution in [0, 0.1) is 11.3 Å². The van der Waals surface area contributed by atoms with Gasteiger partial charge in [0, 0.05) is 10.6 Å². The minimum atomic E-state index is -0.0824. The first-order chi connectivity index (χ1) is 12.8. The molecule has 7 heteroatoms. The molecule has 0 aliphatic carbocycles. The summed E-state index contributed by atoms with van der Waals surface area (Å²) in [5.41, 5.74) is 2.00. The SMILES string of the molecule is N#Cc1ncn(CC(=O)N2c3ccccc3SCC2c2ccccc2)n1. The van der Waals surface area contributed by atoms with Crippen molar-refractivity contribution in [3.05, 3.63) is 72.3 Å². The van der Waals surface area contributed by atoms with Gasteiger partial charge in [-0.05, 0) is 17.7 Å². The first-order valence-corrected chi connectivity index (χ1v) is 9.13. The van der Waals surface area contributed by atoms with Gasteiger partial charge >= 0.3 is 0 Å². The molecule has 2 aromatic carbocycles. The van der Waals surface area contributed by atoms with E-state index in [0.29, 0.717) is 0 Å². The Labute approximate surface area is 155 Å². The van der Waals surface area contributed by atoms with Crippen LogP contribution in [0.4, 0.5) is 5.69 Å². The number of carbonyl (C=O) groups is 1. The van der Waals surface area contributed by atoms with Crippen LogP contribution in [0.3, 0.4) is 0 Å². The van der Waals surface area contributed by atoms with Gasteiger partial charge < -0.3 is 4.90 Å². The molecule has 0 saturated heterocycles. The average molecular weight is 361 g/mol. The van der Waals surface area contributed by atoms with Crippen molar-refractivity contribution in [3.63, 3.8) is 0 Å². The van der Waals surface area contributed by atoms with Crippen LogP contribution >= 0.6 is 11.8 Å². The van der Waals surface area contributed by atoms with Crippen molar-refractivity contribution < 1.29 is 4.79 Å². The Morgan fingerprint density at radius 3 is 2.73 bits per heavy atom. The molecular weight excluding hydrogens is 346 g/mol. The summed E-state index contributed by atoms with van der Waals surface area (Å²) in [4.78, 5) is 20.0. The third kappa shape index (κ3) is 3.07. The van der Waals surface area contributed by atoms with Crippen LogP contribution in [-0.4, -0.2) is 26.4 Å². The summed E-state index contributed by atoms with van der Waals surface area (Å²) in [7, 11) is 0. The number of rotatable bonds is 3. The number of nitrogens with zero attached hydrogens (tertiary/aromatic N) is 5. The number of carbonyl (C=O) groups excluding carboxylic acids is 1. The number of hydrogen-bond donors (Lipinski definition) is 0. The van der Waals surface area contributed by atoms with Crippen molar-refractivity contribution in [3.8, 4) is 6.07 Å². The maximum Gasteiger partial charge on any atom is 0.252 e. The molecule has 0 fully saturated rings. The highest BCUT2D eigenvalue weighted by atomic mass is 32.2. The molecule has 1 aliphatic heterocycles. The minimum Gasteiger partial charge on any atom is -0.301 e. The molecule has 0 spiro atoms. The van der Waals surface area contributed by atoms with Crippen molar-refractivity contribution in [1.82, 2.24) is 14.8 Å². The summed E-state index contributed by atoms with van der Waals surface area (Å²) in [6.45, 7) is 0.0387. The number of aromatic nitrogens is 3. The second-order valence-corrected chi connectivity index (χ2v) is 6.91. The van der Waals surface area contributed by atoms with Gasteiger partial charge in [0.2, 0.25) is 5.91 Å². The standard InChI is InChI=1S/C19H15N5OS/c20-10-18-21-13-23(22-18)11-19(25)24-15-8-4-5-9-17(15)26-12-16(24)14-6-2-1-3-7-14/h1-9,13,16H,11-12H2. The molecule has 1 aromatic heterocycles. The fourth-order valence-corrected chi connectivity index (χ4v) is 4.22. The van der Waals surface area contributed by atoms with Crippen LogP contribution in [0.5, 0.6) is 0 Å². The average Bonchev–Trinajstić information content (AvgIpc) is 3.15. The van der Waals surface area contributed by atoms with Gasteiger partial charge in [-0.2, -0.15) is 5.26 Å². The molecule has 2 heterocycles. The van der Waals surface area contributed by atoms with Crippen molar-refractivity contribution in [2.75, 3.05) is 10.7 Å². The van der Waals surface area contributed by atoms with E-state index in [-0.39, 0.29) is 24.3 Å². The van der Waals surface area contributed by atoms with Gasteiger partial charge in [-0.1, -0.05) is 42.5 Å². The van der Waals surface area contributed by atoms with Gasteiger partial charge in [0.1, 0.15) is 18.9 Å².